The summed E-state index contributed by atoms with van der Waals surface area (Å²) < 4.78 is 26.1. The Kier molecular flexibility index (Phi) is 4.23. The number of nitrogens with zero attached hydrogens (tertiary/aromatic N) is 1. The first-order chi connectivity index (χ1) is 8.93. The molecular weight excluding hydrogens is 280 g/mol. The molecule has 0 aliphatic carbocycles. The fraction of sp³-hybridized carbons (Fsp3) is 0.462. The molecule has 2 rings (SSSR count). The van der Waals surface area contributed by atoms with Crippen LogP contribution in [0.3, 0.4) is 0 Å². The van der Waals surface area contributed by atoms with Crippen molar-refractivity contribution < 1.29 is 8.42 Å². The summed E-state index contributed by atoms with van der Waals surface area (Å²) in [6.07, 6.45) is 0.841. The van der Waals surface area contributed by atoms with E-state index in [0.717, 1.165) is 6.42 Å². The third-order valence-electron chi connectivity index (χ3n) is 3.63. The zero-order chi connectivity index (χ0) is 14.0. The minimum Gasteiger partial charge on any atom is -0.392 e. The van der Waals surface area contributed by atoms with E-state index in [4.69, 9.17) is 18.0 Å². The smallest absolute Gasteiger partial charge is 0.223 e. The van der Waals surface area contributed by atoms with Gasteiger partial charge in [0, 0.05) is 13.1 Å². The van der Waals surface area contributed by atoms with Gasteiger partial charge in [-0.15, -0.1) is 0 Å². The van der Waals surface area contributed by atoms with Crippen molar-refractivity contribution in [3.05, 3.63) is 35.9 Å². The highest BCUT2D eigenvalue weighted by Gasteiger charge is 2.36. The van der Waals surface area contributed by atoms with Gasteiger partial charge in [-0.2, -0.15) is 0 Å². The molecule has 1 fully saturated rings. The maximum Gasteiger partial charge on any atom is 0.223 e. The fourth-order valence-electron chi connectivity index (χ4n) is 2.33. The van der Waals surface area contributed by atoms with Gasteiger partial charge in [0.1, 0.15) is 5.25 Å². The molecule has 2 N–H and O–H groups in total. The lowest BCUT2D eigenvalue weighted by Gasteiger charge is -2.20. The third kappa shape index (κ3) is 2.96. The summed E-state index contributed by atoms with van der Waals surface area (Å²) in [7, 11) is -3.41. The highest BCUT2D eigenvalue weighted by molar-refractivity contribution is 7.92. The average molecular weight is 298 g/mol. The molecule has 0 bridgehead atoms. The van der Waals surface area contributed by atoms with Gasteiger partial charge in [-0.3, -0.25) is 0 Å². The fourth-order valence-corrected chi connectivity index (χ4v) is 4.18. The molecule has 2 atom stereocenters. The molecule has 0 radical (unpaired) electrons. The molecule has 19 heavy (non-hydrogen) atoms. The van der Waals surface area contributed by atoms with Crippen molar-refractivity contribution in [2.45, 2.75) is 24.5 Å². The Morgan fingerprint density at radius 2 is 2.05 bits per heavy atom. The second kappa shape index (κ2) is 5.56. The Morgan fingerprint density at radius 1 is 1.42 bits per heavy atom. The van der Waals surface area contributed by atoms with Crippen molar-refractivity contribution in [3.63, 3.8) is 0 Å². The molecule has 1 aromatic carbocycles. The Morgan fingerprint density at radius 3 is 2.63 bits per heavy atom. The van der Waals surface area contributed by atoms with E-state index in [2.05, 4.69) is 0 Å². The molecule has 6 heteroatoms. The number of sulfonamides is 1. The highest BCUT2D eigenvalue weighted by Crippen LogP contribution is 2.29. The van der Waals surface area contributed by atoms with E-state index in [9.17, 15) is 8.42 Å². The SMILES string of the molecule is CC(C(N)=S)S(=O)(=O)N1CCC(c2ccccc2)C1. The summed E-state index contributed by atoms with van der Waals surface area (Å²) in [5.74, 6) is 0.259. The quantitative estimate of drug-likeness (QED) is 0.855. The lowest BCUT2D eigenvalue weighted by atomic mass is 9.99. The Hall–Kier alpha value is -0.980. The maximum atomic E-state index is 12.3. The molecule has 1 aromatic rings. The summed E-state index contributed by atoms with van der Waals surface area (Å²) >= 11 is 4.80. The Balaban J connectivity index is 2.13. The van der Waals surface area contributed by atoms with Crippen molar-refractivity contribution in [2.24, 2.45) is 5.73 Å². The van der Waals surface area contributed by atoms with Crippen LogP contribution in [-0.4, -0.2) is 36.1 Å². The van der Waals surface area contributed by atoms with E-state index in [1.165, 1.54) is 9.87 Å². The second-order valence-electron chi connectivity index (χ2n) is 4.84. The van der Waals surface area contributed by atoms with Crippen LogP contribution in [0.15, 0.2) is 30.3 Å². The molecule has 104 valence electrons. The van der Waals surface area contributed by atoms with Gasteiger partial charge in [0.15, 0.2) is 0 Å². The van der Waals surface area contributed by atoms with E-state index in [-0.39, 0.29) is 10.9 Å². The number of nitrogens with two attached hydrogens (primary N) is 1. The lowest BCUT2D eigenvalue weighted by Crippen LogP contribution is -2.41. The topological polar surface area (TPSA) is 63.4 Å². The Bertz CT molecular complexity index is 557. The molecule has 1 aliphatic rings. The van der Waals surface area contributed by atoms with Crippen molar-refractivity contribution in [1.29, 1.82) is 0 Å². The molecule has 1 saturated heterocycles. The van der Waals surface area contributed by atoms with Gasteiger partial charge in [0.2, 0.25) is 10.0 Å². The van der Waals surface area contributed by atoms with E-state index in [0.29, 0.717) is 13.1 Å². The normalized spacial score (nSPS) is 22.3. The zero-order valence-corrected chi connectivity index (χ0v) is 12.5. The van der Waals surface area contributed by atoms with Gasteiger partial charge < -0.3 is 5.73 Å². The van der Waals surface area contributed by atoms with Gasteiger partial charge in [0.05, 0.1) is 4.99 Å². The summed E-state index contributed by atoms with van der Waals surface area (Å²) in [5.41, 5.74) is 6.64. The van der Waals surface area contributed by atoms with Crippen LogP contribution in [0.1, 0.15) is 24.8 Å². The Labute approximate surface area is 119 Å². The molecule has 0 amide bonds. The van der Waals surface area contributed by atoms with Crippen molar-refractivity contribution in [3.8, 4) is 0 Å². The predicted octanol–water partition coefficient (Wildman–Crippen LogP) is 1.48. The minimum atomic E-state index is -3.41. The van der Waals surface area contributed by atoms with Crippen LogP contribution in [0, 0.1) is 0 Å². The molecule has 1 aliphatic heterocycles. The highest BCUT2D eigenvalue weighted by atomic mass is 32.2. The van der Waals surface area contributed by atoms with Crippen LogP contribution in [0.5, 0.6) is 0 Å². The van der Waals surface area contributed by atoms with Crippen molar-refractivity contribution >= 4 is 27.2 Å². The van der Waals surface area contributed by atoms with Gasteiger partial charge in [0.25, 0.3) is 0 Å². The molecule has 0 aromatic heterocycles. The first kappa shape index (κ1) is 14.4. The third-order valence-corrected chi connectivity index (χ3v) is 6.33. The second-order valence-corrected chi connectivity index (χ2v) is 7.57. The van der Waals surface area contributed by atoms with Gasteiger partial charge >= 0.3 is 0 Å². The van der Waals surface area contributed by atoms with Crippen LogP contribution < -0.4 is 5.73 Å². The summed E-state index contributed by atoms with van der Waals surface area (Å²) in [6, 6.07) is 9.99. The van der Waals surface area contributed by atoms with Gasteiger partial charge in [-0.1, -0.05) is 42.5 Å². The van der Waals surface area contributed by atoms with Crippen LogP contribution in [0.4, 0.5) is 0 Å². The molecule has 1 heterocycles. The average Bonchev–Trinajstić information content (AvgIpc) is 2.89. The monoisotopic (exact) mass is 298 g/mol. The number of hydrogen-bond donors (Lipinski definition) is 1. The molecule has 4 nitrogen and oxygen atoms in total. The predicted molar refractivity (Wildman–Crippen MR) is 80.5 cm³/mol. The van der Waals surface area contributed by atoms with Crippen LogP contribution >= 0.6 is 12.2 Å². The maximum absolute atomic E-state index is 12.3. The van der Waals surface area contributed by atoms with Crippen LogP contribution in [-0.2, 0) is 10.0 Å². The molecule has 0 spiro atoms. The number of hydrogen-bond acceptors (Lipinski definition) is 3. The number of benzene rings is 1. The first-order valence-electron chi connectivity index (χ1n) is 6.26. The number of rotatable bonds is 4. The summed E-state index contributed by atoms with van der Waals surface area (Å²) in [4.78, 5) is 0.0307. The van der Waals surface area contributed by atoms with Crippen LogP contribution in [0.2, 0.25) is 0 Å². The van der Waals surface area contributed by atoms with E-state index in [1.54, 1.807) is 6.92 Å². The molecule has 2 unspecified atom stereocenters. The van der Waals surface area contributed by atoms with Gasteiger partial charge in [-0.05, 0) is 24.8 Å². The molecule has 0 saturated carbocycles. The number of thiocarbonyl (C=S) groups is 1. The van der Waals surface area contributed by atoms with Gasteiger partial charge in [-0.25, -0.2) is 12.7 Å². The standard InChI is InChI=1S/C13H18N2O2S2/c1-10(13(14)18)19(16,17)15-8-7-12(9-15)11-5-3-2-4-6-11/h2-6,10,12H,7-9H2,1H3,(H2,14,18). The first-order valence-corrected chi connectivity index (χ1v) is 8.17. The summed E-state index contributed by atoms with van der Waals surface area (Å²) in [6.45, 7) is 2.60. The van der Waals surface area contributed by atoms with Crippen molar-refractivity contribution in [2.75, 3.05) is 13.1 Å². The zero-order valence-electron chi connectivity index (χ0n) is 10.8. The van der Waals surface area contributed by atoms with Crippen molar-refractivity contribution in [1.82, 2.24) is 4.31 Å². The van der Waals surface area contributed by atoms with E-state index >= 15 is 0 Å². The van der Waals surface area contributed by atoms with Crippen LogP contribution in [0.25, 0.3) is 0 Å². The van der Waals surface area contributed by atoms with E-state index in [1.807, 2.05) is 30.3 Å². The summed E-state index contributed by atoms with van der Waals surface area (Å²) in [5, 5.41) is -0.794. The lowest BCUT2D eigenvalue weighted by molar-refractivity contribution is 0.470. The largest absolute Gasteiger partial charge is 0.392 e. The molecular formula is C13H18N2O2S2. The minimum absolute atomic E-state index is 0.0307. The van der Waals surface area contributed by atoms with E-state index < -0.39 is 15.3 Å².